The third-order valence-electron chi connectivity index (χ3n) is 3.23. The highest BCUT2D eigenvalue weighted by atomic mass is 79.9. The molecule has 0 heterocycles. The summed E-state index contributed by atoms with van der Waals surface area (Å²) in [4.78, 5) is 0. The molecule has 20 heavy (non-hydrogen) atoms. The summed E-state index contributed by atoms with van der Waals surface area (Å²) in [6.45, 7) is 3.94. The summed E-state index contributed by atoms with van der Waals surface area (Å²) in [5, 5.41) is 3.00. The van der Waals surface area contributed by atoms with Gasteiger partial charge >= 0.3 is 0 Å². The van der Waals surface area contributed by atoms with Crippen molar-refractivity contribution in [2.24, 2.45) is 0 Å². The van der Waals surface area contributed by atoms with Crippen LogP contribution in [0.25, 0.3) is 0 Å². The van der Waals surface area contributed by atoms with Crippen LogP contribution < -0.4 is 5.32 Å². The second-order valence-electron chi connectivity index (χ2n) is 4.90. The molecule has 0 spiro atoms. The molecule has 2 aromatic carbocycles. The minimum absolute atomic E-state index is 0.0341. The van der Waals surface area contributed by atoms with Gasteiger partial charge in [-0.2, -0.15) is 0 Å². The van der Waals surface area contributed by atoms with Gasteiger partial charge in [-0.3, -0.25) is 0 Å². The Morgan fingerprint density at radius 3 is 2.20 bits per heavy atom. The Morgan fingerprint density at radius 1 is 1.05 bits per heavy atom. The fourth-order valence-electron chi connectivity index (χ4n) is 2.46. The van der Waals surface area contributed by atoms with E-state index in [-0.39, 0.29) is 10.0 Å². The average Bonchev–Trinajstić information content (AvgIpc) is 2.38. The van der Waals surface area contributed by atoms with Crippen molar-refractivity contribution in [1.29, 1.82) is 0 Å². The minimum Gasteiger partial charge on any atom is -0.309 e. The van der Waals surface area contributed by atoms with Crippen LogP contribution in [-0.4, -0.2) is 7.05 Å². The van der Waals surface area contributed by atoms with Crippen molar-refractivity contribution in [1.82, 2.24) is 5.32 Å². The standard InChI is InChI=1S/C16H16BrF2N/c1-9-6-10(2)8-11(7-9)16(20-3)14-13(18)5-4-12(17)15(14)19/h4-8,16,20H,1-3H3. The molecular formula is C16H16BrF2N. The Labute approximate surface area is 126 Å². The molecule has 1 nitrogen and oxygen atoms in total. The SMILES string of the molecule is CNC(c1cc(C)cc(C)c1)c1c(F)ccc(Br)c1F. The number of benzene rings is 2. The highest BCUT2D eigenvalue weighted by molar-refractivity contribution is 9.10. The van der Waals surface area contributed by atoms with Gasteiger partial charge in [0.25, 0.3) is 0 Å². The van der Waals surface area contributed by atoms with Crippen molar-refractivity contribution < 1.29 is 8.78 Å². The largest absolute Gasteiger partial charge is 0.309 e. The summed E-state index contributed by atoms with van der Waals surface area (Å²) in [7, 11) is 1.70. The lowest BCUT2D eigenvalue weighted by atomic mass is 9.95. The van der Waals surface area contributed by atoms with Crippen LogP contribution >= 0.6 is 15.9 Å². The van der Waals surface area contributed by atoms with Crippen LogP contribution in [0.3, 0.4) is 0 Å². The van der Waals surface area contributed by atoms with Crippen molar-refractivity contribution in [3.63, 3.8) is 0 Å². The molecule has 0 amide bonds. The summed E-state index contributed by atoms with van der Waals surface area (Å²) in [6, 6.07) is 8.04. The molecule has 0 aromatic heterocycles. The molecule has 2 rings (SSSR count). The van der Waals surface area contributed by atoms with E-state index >= 15 is 0 Å². The summed E-state index contributed by atoms with van der Waals surface area (Å²) in [5.74, 6) is -1.12. The van der Waals surface area contributed by atoms with Gasteiger partial charge in [-0.25, -0.2) is 8.78 Å². The zero-order valence-electron chi connectivity index (χ0n) is 11.6. The van der Waals surface area contributed by atoms with Gasteiger partial charge in [-0.1, -0.05) is 29.3 Å². The van der Waals surface area contributed by atoms with Crippen LogP contribution in [0.1, 0.15) is 28.3 Å². The second kappa shape index (κ2) is 6.02. The Bertz CT molecular complexity index is 620. The zero-order valence-corrected chi connectivity index (χ0v) is 13.2. The normalized spacial score (nSPS) is 12.5. The maximum atomic E-state index is 14.3. The minimum atomic E-state index is -0.566. The molecule has 4 heteroatoms. The fourth-order valence-corrected chi connectivity index (χ4v) is 2.81. The molecule has 0 fully saturated rings. The van der Waals surface area contributed by atoms with Crippen LogP contribution in [0.15, 0.2) is 34.8 Å². The van der Waals surface area contributed by atoms with Gasteiger partial charge in [0, 0.05) is 5.56 Å². The second-order valence-corrected chi connectivity index (χ2v) is 5.75. The van der Waals surface area contributed by atoms with Crippen molar-refractivity contribution in [2.45, 2.75) is 19.9 Å². The Hall–Kier alpha value is -1.26. The molecule has 0 bridgehead atoms. The van der Waals surface area contributed by atoms with Gasteiger partial charge in [0.1, 0.15) is 11.6 Å². The van der Waals surface area contributed by atoms with Gasteiger partial charge in [0.05, 0.1) is 10.5 Å². The maximum absolute atomic E-state index is 14.3. The monoisotopic (exact) mass is 339 g/mol. The molecule has 2 aromatic rings. The Balaban J connectivity index is 2.61. The van der Waals surface area contributed by atoms with Crippen LogP contribution in [-0.2, 0) is 0 Å². The van der Waals surface area contributed by atoms with Gasteiger partial charge in [0.15, 0.2) is 0 Å². The molecule has 0 aliphatic heterocycles. The number of hydrogen-bond donors (Lipinski definition) is 1. The highest BCUT2D eigenvalue weighted by Crippen LogP contribution is 2.31. The van der Waals surface area contributed by atoms with Crippen LogP contribution in [0.4, 0.5) is 8.78 Å². The van der Waals surface area contributed by atoms with E-state index in [1.807, 2.05) is 32.0 Å². The van der Waals surface area contributed by atoms with E-state index in [1.165, 1.54) is 12.1 Å². The van der Waals surface area contributed by atoms with E-state index in [1.54, 1.807) is 7.05 Å². The summed E-state index contributed by atoms with van der Waals surface area (Å²) < 4.78 is 28.6. The fraction of sp³-hybridized carbons (Fsp3) is 0.250. The third kappa shape index (κ3) is 2.91. The summed E-state index contributed by atoms with van der Waals surface area (Å²) in [5.41, 5.74) is 3.01. The molecule has 106 valence electrons. The Kier molecular flexibility index (Phi) is 4.55. The van der Waals surface area contributed by atoms with E-state index in [2.05, 4.69) is 21.2 Å². The van der Waals surface area contributed by atoms with Crippen molar-refractivity contribution in [3.05, 3.63) is 68.7 Å². The lowest BCUT2D eigenvalue weighted by molar-refractivity contribution is 0.518. The Morgan fingerprint density at radius 2 is 1.65 bits per heavy atom. The lowest BCUT2D eigenvalue weighted by Gasteiger charge is -2.20. The van der Waals surface area contributed by atoms with E-state index in [0.29, 0.717) is 0 Å². The number of halogens is 3. The van der Waals surface area contributed by atoms with Crippen LogP contribution in [0.2, 0.25) is 0 Å². The van der Waals surface area contributed by atoms with Gasteiger partial charge in [-0.05, 0) is 54.5 Å². The smallest absolute Gasteiger partial charge is 0.145 e. The molecule has 1 atom stereocenters. The first-order valence-electron chi connectivity index (χ1n) is 6.33. The first-order chi connectivity index (χ1) is 9.43. The molecule has 0 aliphatic carbocycles. The van der Waals surface area contributed by atoms with Crippen molar-refractivity contribution in [3.8, 4) is 0 Å². The molecule has 0 saturated carbocycles. The molecule has 0 saturated heterocycles. The van der Waals surface area contributed by atoms with Crippen LogP contribution in [0.5, 0.6) is 0 Å². The zero-order chi connectivity index (χ0) is 14.9. The molecule has 1 N–H and O–H groups in total. The van der Waals surface area contributed by atoms with E-state index in [0.717, 1.165) is 16.7 Å². The first kappa shape index (κ1) is 15.1. The quantitative estimate of drug-likeness (QED) is 0.802. The number of hydrogen-bond acceptors (Lipinski definition) is 1. The lowest BCUT2D eigenvalue weighted by Crippen LogP contribution is -2.21. The van der Waals surface area contributed by atoms with Gasteiger partial charge in [-0.15, -0.1) is 0 Å². The van der Waals surface area contributed by atoms with E-state index in [9.17, 15) is 8.78 Å². The highest BCUT2D eigenvalue weighted by Gasteiger charge is 2.22. The van der Waals surface area contributed by atoms with E-state index in [4.69, 9.17) is 0 Å². The van der Waals surface area contributed by atoms with Gasteiger partial charge in [0.2, 0.25) is 0 Å². The topological polar surface area (TPSA) is 12.0 Å². The van der Waals surface area contributed by atoms with E-state index < -0.39 is 17.7 Å². The number of aryl methyl sites for hydroxylation is 2. The predicted octanol–water partition coefficient (Wildman–Crippen LogP) is 4.65. The third-order valence-corrected chi connectivity index (χ3v) is 3.85. The summed E-state index contributed by atoms with van der Waals surface area (Å²) in [6.07, 6.45) is 0. The maximum Gasteiger partial charge on any atom is 0.145 e. The average molecular weight is 340 g/mol. The molecule has 0 radical (unpaired) electrons. The summed E-state index contributed by atoms with van der Waals surface area (Å²) >= 11 is 3.11. The van der Waals surface area contributed by atoms with Crippen molar-refractivity contribution in [2.75, 3.05) is 7.05 Å². The van der Waals surface area contributed by atoms with Crippen molar-refractivity contribution >= 4 is 15.9 Å². The number of rotatable bonds is 3. The van der Waals surface area contributed by atoms with Crippen LogP contribution in [0, 0.1) is 25.5 Å². The number of nitrogens with one attached hydrogen (secondary N) is 1. The predicted molar refractivity (Wildman–Crippen MR) is 80.9 cm³/mol. The first-order valence-corrected chi connectivity index (χ1v) is 7.12. The molecule has 0 aliphatic rings. The van der Waals surface area contributed by atoms with Gasteiger partial charge < -0.3 is 5.32 Å². The molecular weight excluding hydrogens is 324 g/mol. The molecule has 1 unspecified atom stereocenters.